The van der Waals surface area contributed by atoms with Crippen LogP contribution in [0.1, 0.15) is 17.9 Å². The van der Waals surface area contributed by atoms with E-state index in [1.54, 1.807) is 30.3 Å². The smallest absolute Gasteiger partial charge is 0.227 e. The fraction of sp³-hybridized carbons (Fsp3) is 0.167. The molecule has 0 fully saturated rings. The van der Waals surface area contributed by atoms with Gasteiger partial charge in [0.15, 0.2) is 0 Å². The molecule has 2 aromatic carbocycles. The van der Waals surface area contributed by atoms with Crippen molar-refractivity contribution in [2.75, 3.05) is 5.32 Å². The highest BCUT2D eigenvalue weighted by atomic mass is 19.1. The Kier molecular flexibility index (Phi) is 4.74. The van der Waals surface area contributed by atoms with E-state index in [-0.39, 0.29) is 30.3 Å². The van der Waals surface area contributed by atoms with Crippen LogP contribution in [0, 0.1) is 12.7 Å². The van der Waals surface area contributed by atoms with Crippen LogP contribution in [0.25, 0.3) is 11.4 Å². The highest BCUT2D eigenvalue weighted by Crippen LogP contribution is 2.24. The summed E-state index contributed by atoms with van der Waals surface area (Å²) >= 11 is 0. The number of hydrogen-bond acceptors (Lipinski definition) is 5. The van der Waals surface area contributed by atoms with E-state index in [4.69, 9.17) is 4.52 Å². The maximum Gasteiger partial charge on any atom is 0.227 e. The maximum absolute atomic E-state index is 12.9. The number of carbonyl (C=O) groups excluding carboxylic acids is 1. The van der Waals surface area contributed by atoms with Crippen molar-refractivity contribution < 1.29 is 18.8 Å². The summed E-state index contributed by atoms with van der Waals surface area (Å²) in [5.74, 6) is 0.0445. The lowest BCUT2D eigenvalue weighted by molar-refractivity contribution is -0.116. The van der Waals surface area contributed by atoms with Crippen LogP contribution in [-0.2, 0) is 11.2 Å². The highest BCUT2D eigenvalue weighted by Gasteiger charge is 2.12. The summed E-state index contributed by atoms with van der Waals surface area (Å²) in [4.78, 5) is 16.2. The molecular formula is C18H16FN3O3. The van der Waals surface area contributed by atoms with E-state index >= 15 is 0 Å². The molecule has 3 aromatic rings. The number of phenols is 1. The van der Waals surface area contributed by atoms with E-state index in [0.717, 1.165) is 5.56 Å². The fourth-order valence-electron chi connectivity index (χ4n) is 2.25. The van der Waals surface area contributed by atoms with E-state index in [9.17, 15) is 14.3 Å². The van der Waals surface area contributed by atoms with E-state index in [1.807, 2.05) is 6.92 Å². The second-order valence-corrected chi connectivity index (χ2v) is 5.59. The molecule has 6 nitrogen and oxygen atoms in total. The number of aryl methyl sites for hydroxylation is 2. The molecule has 0 aliphatic rings. The fourth-order valence-corrected chi connectivity index (χ4v) is 2.25. The van der Waals surface area contributed by atoms with Gasteiger partial charge < -0.3 is 14.9 Å². The number of benzene rings is 2. The molecular weight excluding hydrogens is 325 g/mol. The van der Waals surface area contributed by atoms with Crippen molar-refractivity contribution in [3.63, 3.8) is 0 Å². The third-order valence-corrected chi connectivity index (χ3v) is 3.56. The summed E-state index contributed by atoms with van der Waals surface area (Å²) in [5, 5.41) is 16.2. The molecule has 2 N–H and O–H groups in total. The number of hydrogen-bond donors (Lipinski definition) is 2. The lowest BCUT2D eigenvalue weighted by atomic mass is 10.2. The van der Waals surface area contributed by atoms with Gasteiger partial charge in [-0.3, -0.25) is 4.79 Å². The van der Waals surface area contributed by atoms with Gasteiger partial charge in [0.2, 0.25) is 17.6 Å². The molecule has 0 saturated carbocycles. The Labute approximate surface area is 143 Å². The van der Waals surface area contributed by atoms with Gasteiger partial charge in [0.05, 0.1) is 5.69 Å². The topological polar surface area (TPSA) is 88.3 Å². The first-order valence-corrected chi connectivity index (χ1v) is 7.69. The molecule has 0 spiro atoms. The largest absolute Gasteiger partial charge is 0.506 e. The lowest BCUT2D eigenvalue weighted by Crippen LogP contribution is -2.12. The molecule has 0 bridgehead atoms. The molecule has 0 aliphatic heterocycles. The second kappa shape index (κ2) is 7.12. The Morgan fingerprint density at radius 3 is 2.72 bits per heavy atom. The Balaban J connectivity index is 1.58. The van der Waals surface area contributed by atoms with Crippen LogP contribution in [0.4, 0.5) is 10.1 Å². The number of rotatable bonds is 5. The van der Waals surface area contributed by atoms with Crippen molar-refractivity contribution >= 4 is 11.6 Å². The zero-order valence-corrected chi connectivity index (χ0v) is 13.5. The molecule has 3 rings (SSSR count). The zero-order valence-electron chi connectivity index (χ0n) is 13.5. The molecule has 1 amide bonds. The third-order valence-electron chi connectivity index (χ3n) is 3.56. The number of anilines is 1. The van der Waals surface area contributed by atoms with Crippen LogP contribution in [0.2, 0.25) is 0 Å². The van der Waals surface area contributed by atoms with E-state index in [0.29, 0.717) is 23.0 Å². The molecule has 0 radical (unpaired) electrons. The molecule has 0 aliphatic carbocycles. The van der Waals surface area contributed by atoms with Gasteiger partial charge in [-0.25, -0.2) is 4.39 Å². The van der Waals surface area contributed by atoms with Gasteiger partial charge in [0.1, 0.15) is 11.6 Å². The van der Waals surface area contributed by atoms with Gasteiger partial charge in [0, 0.05) is 18.4 Å². The minimum atomic E-state index is -0.344. The van der Waals surface area contributed by atoms with E-state index < -0.39 is 0 Å². The number of amides is 1. The van der Waals surface area contributed by atoms with Crippen LogP contribution >= 0.6 is 0 Å². The van der Waals surface area contributed by atoms with E-state index in [2.05, 4.69) is 15.5 Å². The Hall–Kier alpha value is -3.22. The summed E-state index contributed by atoms with van der Waals surface area (Å²) in [5.41, 5.74) is 1.88. The molecule has 1 heterocycles. The average molecular weight is 341 g/mol. The number of nitrogens with one attached hydrogen (secondary N) is 1. The molecule has 0 atom stereocenters. The first kappa shape index (κ1) is 16.6. The number of aromatic hydroxyl groups is 1. The van der Waals surface area contributed by atoms with Gasteiger partial charge in [-0.05, 0) is 48.9 Å². The maximum atomic E-state index is 12.9. The van der Waals surface area contributed by atoms with Crippen molar-refractivity contribution in [3.05, 3.63) is 59.7 Å². The number of aromatic nitrogens is 2. The van der Waals surface area contributed by atoms with Crippen molar-refractivity contribution in [1.29, 1.82) is 0 Å². The number of nitrogens with zero attached hydrogens (tertiary/aromatic N) is 2. The quantitative estimate of drug-likeness (QED) is 0.694. The highest BCUT2D eigenvalue weighted by molar-refractivity contribution is 5.92. The minimum absolute atomic E-state index is 0.0183. The Morgan fingerprint density at radius 2 is 2.00 bits per heavy atom. The Morgan fingerprint density at radius 1 is 1.24 bits per heavy atom. The molecule has 0 saturated heterocycles. The summed E-state index contributed by atoms with van der Waals surface area (Å²) in [6.07, 6.45) is 0.380. The number of halogens is 1. The van der Waals surface area contributed by atoms with Crippen molar-refractivity contribution in [1.82, 2.24) is 10.1 Å². The van der Waals surface area contributed by atoms with Crippen LogP contribution in [-0.4, -0.2) is 21.2 Å². The van der Waals surface area contributed by atoms with Crippen molar-refractivity contribution in [3.8, 4) is 17.1 Å². The molecule has 1 aromatic heterocycles. The van der Waals surface area contributed by atoms with Crippen LogP contribution in [0.5, 0.6) is 5.75 Å². The summed E-state index contributed by atoms with van der Waals surface area (Å²) in [7, 11) is 0. The Bertz CT molecular complexity index is 891. The number of carbonyl (C=O) groups is 1. The standard InChI is InChI=1S/C18H16FN3O3/c1-11-2-7-14(15(23)10-11)20-16(24)8-9-17-21-18(22-25-17)12-3-5-13(19)6-4-12/h2-7,10,23H,8-9H2,1H3,(H,20,24). The first-order valence-electron chi connectivity index (χ1n) is 7.69. The predicted octanol–water partition coefficient (Wildman–Crippen LogP) is 3.46. The van der Waals surface area contributed by atoms with Gasteiger partial charge in [0.25, 0.3) is 0 Å². The number of phenolic OH excluding ortho intramolecular Hbond substituents is 1. The minimum Gasteiger partial charge on any atom is -0.506 e. The SMILES string of the molecule is Cc1ccc(NC(=O)CCc2nc(-c3ccc(F)cc3)no2)c(O)c1. The zero-order chi connectivity index (χ0) is 17.8. The molecule has 128 valence electrons. The van der Waals surface area contributed by atoms with Crippen molar-refractivity contribution in [2.45, 2.75) is 19.8 Å². The van der Waals surface area contributed by atoms with Gasteiger partial charge in [-0.15, -0.1) is 0 Å². The summed E-state index contributed by atoms with van der Waals surface area (Å²) < 4.78 is 18.0. The second-order valence-electron chi connectivity index (χ2n) is 5.59. The van der Waals surface area contributed by atoms with Gasteiger partial charge in [-0.2, -0.15) is 4.98 Å². The van der Waals surface area contributed by atoms with Crippen molar-refractivity contribution in [2.24, 2.45) is 0 Å². The molecule has 25 heavy (non-hydrogen) atoms. The average Bonchev–Trinajstić information content (AvgIpc) is 3.05. The summed E-state index contributed by atoms with van der Waals surface area (Å²) in [6.45, 7) is 1.85. The molecule has 0 unspecified atom stereocenters. The van der Waals surface area contributed by atoms with Gasteiger partial charge >= 0.3 is 0 Å². The third kappa shape index (κ3) is 4.20. The summed E-state index contributed by atoms with van der Waals surface area (Å²) in [6, 6.07) is 10.7. The van der Waals surface area contributed by atoms with Crippen LogP contribution in [0.3, 0.4) is 0 Å². The lowest BCUT2D eigenvalue weighted by Gasteiger charge is -2.07. The first-order chi connectivity index (χ1) is 12.0. The molecule has 7 heteroatoms. The normalized spacial score (nSPS) is 10.6. The van der Waals surface area contributed by atoms with Crippen LogP contribution in [0.15, 0.2) is 47.0 Å². The van der Waals surface area contributed by atoms with Gasteiger partial charge in [-0.1, -0.05) is 11.2 Å². The van der Waals surface area contributed by atoms with E-state index in [1.165, 1.54) is 12.1 Å². The predicted molar refractivity (Wildman–Crippen MR) is 89.5 cm³/mol. The van der Waals surface area contributed by atoms with Crippen LogP contribution < -0.4 is 5.32 Å². The monoisotopic (exact) mass is 341 g/mol.